The number of carbonyl (C=O) groups excluding carboxylic acids is 1. The molecule has 1 rings (SSSR count). The van der Waals surface area contributed by atoms with Crippen LogP contribution >= 0.6 is 0 Å². The van der Waals surface area contributed by atoms with Crippen molar-refractivity contribution in [3.63, 3.8) is 0 Å². The molecule has 0 N–H and O–H groups in total. The van der Waals surface area contributed by atoms with Crippen LogP contribution in [-0.4, -0.2) is 42.0 Å². The van der Waals surface area contributed by atoms with Crippen LogP contribution in [0.5, 0.6) is 0 Å². The van der Waals surface area contributed by atoms with Crippen LogP contribution in [0, 0.1) is 10.1 Å². The number of aromatic nitrogens is 2. The van der Waals surface area contributed by atoms with E-state index < -0.39 is 19.0 Å². The van der Waals surface area contributed by atoms with Crippen molar-refractivity contribution in [1.82, 2.24) is 9.78 Å². The fourth-order valence-corrected chi connectivity index (χ4v) is 2.25. The second-order valence-corrected chi connectivity index (χ2v) is 11.3. The maximum absolute atomic E-state index is 11.6. The van der Waals surface area contributed by atoms with Crippen molar-refractivity contribution in [1.29, 1.82) is 0 Å². The van der Waals surface area contributed by atoms with Crippen LogP contribution < -0.4 is 0 Å². The largest absolute Gasteiger partial charge is 0.461 e. The number of nitro groups is 1. The lowest BCUT2D eigenvalue weighted by Gasteiger charge is -2.15. The lowest BCUT2D eigenvalue weighted by molar-refractivity contribution is -0.385. The van der Waals surface area contributed by atoms with Crippen LogP contribution in [0.4, 0.5) is 5.69 Å². The van der Waals surface area contributed by atoms with Crippen LogP contribution in [0.1, 0.15) is 17.4 Å². The van der Waals surface area contributed by atoms with E-state index in [-0.39, 0.29) is 24.7 Å². The maximum Gasteiger partial charge on any atom is 0.366 e. The standard InChI is InChI=1S/C12H21N3O5Si/c1-5-20-12(16)11-10(15(17)18)8-14(13-11)9-19-6-7-21(2,3)4/h8H,5-7,9H2,1-4H3. The molecule has 9 heteroatoms. The van der Waals surface area contributed by atoms with Crippen LogP contribution in [0.3, 0.4) is 0 Å². The Balaban J connectivity index is 2.70. The van der Waals surface area contributed by atoms with Crippen molar-refractivity contribution in [2.75, 3.05) is 13.2 Å². The van der Waals surface area contributed by atoms with Crippen molar-refractivity contribution in [2.24, 2.45) is 0 Å². The molecule has 0 aromatic carbocycles. The molecule has 1 heterocycles. The first-order chi connectivity index (χ1) is 9.74. The number of hydrogen-bond donors (Lipinski definition) is 0. The van der Waals surface area contributed by atoms with E-state index in [2.05, 4.69) is 24.7 Å². The lowest BCUT2D eigenvalue weighted by atomic mass is 10.4. The van der Waals surface area contributed by atoms with E-state index in [4.69, 9.17) is 9.47 Å². The van der Waals surface area contributed by atoms with Crippen molar-refractivity contribution >= 4 is 19.7 Å². The van der Waals surface area contributed by atoms with E-state index in [1.165, 1.54) is 10.9 Å². The molecule has 0 saturated heterocycles. The Bertz CT molecular complexity index is 509. The number of rotatable bonds is 8. The molecule has 0 saturated carbocycles. The Kier molecular flexibility index (Phi) is 6.03. The minimum absolute atomic E-state index is 0.0741. The highest BCUT2D eigenvalue weighted by molar-refractivity contribution is 6.76. The summed E-state index contributed by atoms with van der Waals surface area (Å²) in [5.41, 5.74) is -0.669. The molecule has 0 amide bonds. The summed E-state index contributed by atoms with van der Waals surface area (Å²) in [6, 6.07) is 0.987. The zero-order valence-corrected chi connectivity index (χ0v) is 13.8. The molecule has 21 heavy (non-hydrogen) atoms. The van der Waals surface area contributed by atoms with Crippen molar-refractivity contribution < 1.29 is 19.2 Å². The third kappa shape index (κ3) is 5.64. The molecule has 0 fully saturated rings. The van der Waals surface area contributed by atoms with Gasteiger partial charge in [-0.2, -0.15) is 5.10 Å². The summed E-state index contributed by atoms with van der Waals surface area (Å²) < 4.78 is 11.4. The summed E-state index contributed by atoms with van der Waals surface area (Å²) in [5, 5.41) is 14.8. The Morgan fingerprint density at radius 1 is 1.48 bits per heavy atom. The maximum atomic E-state index is 11.6. The van der Waals surface area contributed by atoms with Gasteiger partial charge in [-0.05, 0) is 13.0 Å². The molecule has 0 bridgehead atoms. The topological polar surface area (TPSA) is 96.5 Å². The van der Waals surface area contributed by atoms with Gasteiger partial charge in [0, 0.05) is 14.7 Å². The quantitative estimate of drug-likeness (QED) is 0.240. The van der Waals surface area contributed by atoms with Crippen LogP contribution in [0.2, 0.25) is 25.7 Å². The summed E-state index contributed by atoms with van der Waals surface area (Å²) in [4.78, 5) is 21.9. The van der Waals surface area contributed by atoms with E-state index >= 15 is 0 Å². The SMILES string of the molecule is CCOC(=O)c1nn(COCC[Si](C)(C)C)cc1[N+](=O)[O-]. The van der Waals surface area contributed by atoms with Gasteiger partial charge in [-0.25, -0.2) is 9.48 Å². The van der Waals surface area contributed by atoms with Gasteiger partial charge in [-0.1, -0.05) is 19.6 Å². The molecule has 0 aliphatic carbocycles. The Hall–Kier alpha value is -1.74. The highest BCUT2D eigenvalue weighted by Gasteiger charge is 2.26. The van der Waals surface area contributed by atoms with E-state index in [1.54, 1.807) is 6.92 Å². The number of esters is 1. The van der Waals surface area contributed by atoms with Crippen LogP contribution in [0.25, 0.3) is 0 Å². The molecule has 0 atom stereocenters. The molecule has 0 radical (unpaired) electrons. The first-order valence-electron chi connectivity index (χ1n) is 6.71. The van der Waals surface area contributed by atoms with Crippen LogP contribution in [0.15, 0.2) is 6.20 Å². The van der Waals surface area contributed by atoms with Gasteiger partial charge in [-0.15, -0.1) is 0 Å². The number of nitrogens with zero attached hydrogens (tertiary/aromatic N) is 3. The summed E-state index contributed by atoms with van der Waals surface area (Å²) in [6.07, 6.45) is 1.18. The molecule has 0 aliphatic rings. The fourth-order valence-electron chi connectivity index (χ4n) is 1.49. The third-order valence-electron chi connectivity index (χ3n) is 2.63. The number of ether oxygens (including phenoxy) is 2. The molecular formula is C12H21N3O5Si. The predicted octanol–water partition coefficient (Wildman–Crippen LogP) is 2.28. The summed E-state index contributed by atoms with van der Waals surface area (Å²) >= 11 is 0. The molecular weight excluding hydrogens is 294 g/mol. The van der Waals surface area contributed by atoms with Gasteiger partial charge in [0.1, 0.15) is 12.9 Å². The minimum Gasteiger partial charge on any atom is -0.461 e. The minimum atomic E-state index is -1.18. The number of carbonyl (C=O) groups is 1. The first-order valence-corrected chi connectivity index (χ1v) is 10.4. The molecule has 0 spiro atoms. The number of hydrogen-bond acceptors (Lipinski definition) is 6. The monoisotopic (exact) mass is 315 g/mol. The zero-order chi connectivity index (χ0) is 16.0. The van der Waals surface area contributed by atoms with Gasteiger partial charge in [-0.3, -0.25) is 10.1 Å². The van der Waals surface area contributed by atoms with Gasteiger partial charge in [0.25, 0.3) is 0 Å². The van der Waals surface area contributed by atoms with E-state index in [0.717, 1.165) is 6.04 Å². The second kappa shape index (κ2) is 7.32. The summed E-state index contributed by atoms with van der Waals surface area (Å²) in [6.45, 7) is 9.09. The summed E-state index contributed by atoms with van der Waals surface area (Å²) in [5.74, 6) is -0.801. The lowest BCUT2D eigenvalue weighted by Crippen LogP contribution is -2.22. The van der Waals surface area contributed by atoms with Gasteiger partial charge >= 0.3 is 11.7 Å². The second-order valence-electron chi connectivity index (χ2n) is 5.73. The third-order valence-corrected chi connectivity index (χ3v) is 4.33. The highest BCUT2D eigenvalue weighted by Crippen LogP contribution is 2.18. The normalized spacial score (nSPS) is 11.4. The summed E-state index contributed by atoms with van der Waals surface area (Å²) in [7, 11) is -1.18. The van der Waals surface area contributed by atoms with Gasteiger partial charge in [0.05, 0.1) is 11.5 Å². The Morgan fingerprint density at radius 2 is 2.14 bits per heavy atom. The highest BCUT2D eigenvalue weighted by atomic mass is 28.3. The average molecular weight is 315 g/mol. The van der Waals surface area contributed by atoms with E-state index in [0.29, 0.717) is 6.61 Å². The fraction of sp³-hybridized carbons (Fsp3) is 0.667. The molecule has 118 valence electrons. The van der Waals surface area contributed by atoms with Gasteiger partial charge < -0.3 is 9.47 Å². The smallest absolute Gasteiger partial charge is 0.366 e. The Labute approximate surface area is 124 Å². The molecule has 1 aromatic rings. The van der Waals surface area contributed by atoms with E-state index in [1.807, 2.05) is 0 Å². The molecule has 0 aliphatic heterocycles. The Morgan fingerprint density at radius 3 is 2.67 bits per heavy atom. The van der Waals surface area contributed by atoms with Gasteiger partial charge in [0.2, 0.25) is 5.69 Å². The van der Waals surface area contributed by atoms with Crippen molar-refractivity contribution in [2.45, 2.75) is 39.3 Å². The van der Waals surface area contributed by atoms with Crippen molar-refractivity contribution in [3.8, 4) is 0 Å². The average Bonchev–Trinajstić information content (AvgIpc) is 2.78. The molecule has 8 nitrogen and oxygen atoms in total. The predicted molar refractivity (Wildman–Crippen MR) is 78.9 cm³/mol. The molecule has 0 unspecified atom stereocenters. The first kappa shape index (κ1) is 17.3. The van der Waals surface area contributed by atoms with E-state index in [9.17, 15) is 14.9 Å². The van der Waals surface area contributed by atoms with Crippen LogP contribution in [-0.2, 0) is 16.2 Å². The zero-order valence-electron chi connectivity index (χ0n) is 12.8. The van der Waals surface area contributed by atoms with Crippen molar-refractivity contribution in [3.05, 3.63) is 22.0 Å². The molecule has 1 aromatic heterocycles. The van der Waals surface area contributed by atoms with Gasteiger partial charge in [0.15, 0.2) is 0 Å².